The molecule has 1 aliphatic carbocycles. The summed E-state index contributed by atoms with van der Waals surface area (Å²) in [4.78, 5) is 14.7. The predicted molar refractivity (Wildman–Crippen MR) is 103 cm³/mol. The van der Waals surface area contributed by atoms with Gasteiger partial charge in [0.15, 0.2) is 0 Å². The molecule has 142 valence electrons. The molecule has 0 aromatic heterocycles. The Labute approximate surface area is 157 Å². The summed E-state index contributed by atoms with van der Waals surface area (Å²) in [7, 11) is 3.87. The van der Waals surface area contributed by atoms with E-state index in [1.807, 2.05) is 20.8 Å². The van der Waals surface area contributed by atoms with E-state index in [9.17, 15) is 4.79 Å². The maximum atomic E-state index is 12.3. The first-order valence-corrected chi connectivity index (χ1v) is 9.46. The molecule has 1 heterocycles. The number of carbonyl (C=O) groups is 1. The van der Waals surface area contributed by atoms with Crippen molar-refractivity contribution in [2.24, 2.45) is 5.41 Å². The molecule has 26 heavy (non-hydrogen) atoms. The van der Waals surface area contributed by atoms with Gasteiger partial charge in [0.05, 0.1) is 12.5 Å². The number of ether oxygens (including phenoxy) is 2. The minimum Gasteiger partial charge on any atom is -0.496 e. The third kappa shape index (κ3) is 3.27. The predicted octanol–water partition coefficient (Wildman–Crippen LogP) is 4.21. The van der Waals surface area contributed by atoms with Crippen molar-refractivity contribution in [1.29, 1.82) is 0 Å². The molecular formula is C22H31NO3. The maximum Gasteiger partial charge on any atom is 0.316 e. The molecule has 4 nitrogen and oxygen atoms in total. The van der Waals surface area contributed by atoms with Crippen LogP contribution in [0.5, 0.6) is 5.75 Å². The molecule has 0 unspecified atom stereocenters. The first-order valence-electron chi connectivity index (χ1n) is 9.46. The van der Waals surface area contributed by atoms with Crippen LogP contribution in [0.3, 0.4) is 0 Å². The Morgan fingerprint density at radius 3 is 2.62 bits per heavy atom. The topological polar surface area (TPSA) is 38.8 Å². The van der Waals surface area contributed by atoms with Crippen LogP contribution in [0.15, 0.2) is 30.0 Å². The molecule has 2 aliphatic rings. The van der Waals surface area contributed by atoms with E-state index < -0.39 is 5.41 Å². The lowest BCUT2D eigenvalue weighted by Crippen LogP contribution is -2.42. The highest BCUT2D eigenvalue weighted by atomic mass is 16.5. The third-order valence-electron chi connectivity index (χ3n) is 5.92. The number of methoxy groups -OCH3 is 1. The Morgan fingerprint density at radius 1 is 1.27 bits per heavy atom. The highest BCUT2D eigenvalue weighted by Crippen LogP contribution is 2.48. The first kappa shape index (κ1) is 19.0. The average molecular weight is 357 g/mol. The molecule has 1 saturated heterocycles. The van der Waals surface area contributed by atoms with Crippen molar-refractivity contribution >= 4 is 5.97 Å². The van der Waals surface area contributed by atoms with Crippen molar-refractivity contribution in [2.45, 2.75) is 58.4 Å². The molecule has 3 rings (SSSR count). The van der Waals surface area contributed by atoms with Crippen molar-refractivity contribution in [3.05, 3.63) is 41.2 Å². The molecule has 0 spiro atoms. The van der Waals surface area contributed by atoms with E-state index >= 15 is 0 Å². The van der Waals surface area contributed by atoms with Crippen LogP contribution in [0.2, 0.25) is 0 Å². The first-order chi connectivity index (χ1) is 12.2. The van der Waals surface area contributed by atoms with Gasteiger partial charge < -0.3 is 9.47 Å². The summed E-state index contributed by atoms with van der Waals surface area (Å²) in [6, 6.07) is 6.81. The van der Waals surface area contributed by atoms with Crippen LogP contribution in [0.1, 0.15) is 51.2 Å². The Morgan fingerprint density at radius 2 is 2.00 bits per heavy atom. The lowest BCUT2D eigenvalue weighted by Gasteiger charge is -2.40. The van der Waals surface area contributed by atoms with Gasteiger partial charge in [-0.2, -0.15) is 0 Å². The molecule has 2 atom stereocenters. The van der Waals surface area contributed by atoms with Crippen molar-refractivity contribution in [3.8, 4) is 5.75 Å². The van der Waals surface area contributed by atoms with E-state index in [4.69, 9.17) is 9.47 Å². The van der Waals surface area contributed by atoms with Gasteiger partial charge in [-0.05, 0) is 77.4 Å². The summed E-state index contributed by atoms with van der Waals surface area (Å²) >= 11 is 0. The monoisotopic (exact) mass is 357 g/mol. The van der Waals surface area contributed by atoms with Crippen molar-refractivity contribution in [2.75, 3.05) is 20.7 Å². The zero-order valence-corrected chi connectivity index (χ0v) is 16.9. The fourth-order valence-corrected chi connectivity index (χ4v) is 4.25. The zero-order chi connectivity index (χ0) is 19.1. The number of carbonyl (C=O) groups excluding carboxylic acids is 1. The van der Waals surface area contributed by atoms with E-state index in [0.29, 0.717) is 0 Å². The van der Waals surface area contributed by atoms with Crippen LogP contribution >= 0.6 is 0 Å². The van der Waals surface area contributed by atoms with Gasteiger partial charge in [0, 0.05) is 17.9 Å². The van der Waals surface area contributed by atoms with E-state index in [0.717, 1.165) is 37.3 Å². The molecular weight excluding hydrogens is 326 g/mol. The second kappa shape index (κ2) is 6.73. The number of benzene rings is 1. The highest BCUT2D eigenvalue weighted by molar-refractivity contribution is 5.76. The van der Waals surface area contributed by atoms with Gasteiger partial charge in [0.2, 0.25) is 0 Å². The Hall–Kier alpha value is -1.81. The zero-order valence-electron chi connectivity index (χ0n) is 16.9. The van der Waals surface area contributed by atoms with Crippen LogP contribution in [0, 0.1) is 12.3 Å². The lowest BCUT2D eigenvalue weighted by atomic mass is 9.68. The van der Waals surface area contributed by atoms with Crippen LogP contribution in [-0.4, -0.2) is 37.6 Å². The van der Waals surface area contributed by atoms with E-state index in [1.165, 1.54) is 11.1 Å². The summed E-state index contributed by atoms with van der Waals surface area (Å²) in [6.45, 7) is 8.83. The van der Waals surface area contributed by atoms with E-state index in [2.05, 4.69) is 43.1 Å². The molecule has 4 heteroatoms. The number of allylic oxidation sites excluding steroid dienone is 1. The maximum absolute atomic E-state index is 12.3. The molecule has 1 aliphatic heterocycles. The summed E-state index contributed by atoms with van der Waals surface area (Å²) in [5.41, 5.74) is 2.14. The van der Waals surface area contributed by atoms with Crippen LogP contribution in [-0.2, 0) is 14.9 Å². The summed E-state index contributed by atoms with van der Waals surface area (Å²) in [6.07, 6.45) is 5.10. The van der Waals surface area contributed by atoms with Crippen molar-refractivity contribution < 1.29 is 14.3 Å². The average Bonchev–Trinajstić information content (AvgIpc) is 2.92. The third-order valence-corrected chi connectivity index (χ3v) is 5.92. The molecule has 0 saturated carbocycles. The Balaban J connectivity index is 1.92. The fourth-order valence-electron chi connectivity index (χ4n) is 4.25. The standard InChI is InChI=1S/C22H31NO3/c1-15-13-16(7-8-18(15)25-6)22-10-9-17(26-20(24)21(2,3)4)14-19(22)23(5)12-11-22/h7-8,13-14,19H,9-12H2,1-6H3/t19-,22-/m0/s1. The van der Waals surface area contributed by atoms with Gasteiger partial charge in [0.1, 0.15) is 11.5 Å². The number of likely N-dealkylation sites (N-methyl/N-ethyl adjacent to an activating group) is 1. The Bertz CT molecular complexity index is 731. The molecule has 0 amide bonds. The number of nitrogens with zero attached hydrogens (tertiary/aromatic N) is 1. The Kier molecular flexibility index (Phi) is 4.91. The van der Waals surface area contributed by atoms with Gasteiger partial charge in [-0.25, -0.2) is 0 Å². The van der Waals surface area contributed by atoms with Crippen LogP contribution in [0.4, 0.5) is 0 Å². The van der Waals surface area contributed by atoms with E-state index in [-0.39, 0.29) is 17.4 Å². The number of likely N-dealkylation sites (tertiary alicyclic amines) is 1. The molecule has 1 fully saturated rings. The molecule has 1 aromatic carbocycles. The quantitative estimate of drug-likeness (QED) is 0.760. The largest absolute Gasteiger partial charge is 0.496 e. The number of hydrogen-bond acceptors (Lipinski definition) is 4. The SMILES string of the molecule is COc1ccc([C@@]23CCC(OC(=O)C(C)(C)C)=C[C@@H]2N(C)CC3)cc1C. The van der Waals surface area contributed by atoms with Gasteiger partial charge in [-0.1, -0.05) is 12.1 Å². The van der Waals surface area contributed by atoms with E-state index in [1.54, 1.807) is 7.11 Å². The molecule has 0 bridgehead atoms. The number of hydrogen-bond donors (Lipinski definition) is 0. The number of rotatable bonds is 3. The van der Waals surface area contributed by atoms with Gasteiger partial charge in [0.25, 0.3) is 0 Å². The second-order valence-corrected chi connectivity index (χ2v) is 8.79. The van der Waals surface area contributed by atoms with Gasteiger partial charge in [-0.15, -0.1) is 0 Å². The van der Waals surface area contributed by atoms with Gasteiger partial charge >= 0.3 is 5.97 Å². The van der Waals surface area contributed by atoms with Crippen molar-refractivity contribution in [1.82, 2.24) is 4.90 Å². The summed E-state index contributed by atoms with van der Waals surface area (Å²) in [5, 5.41) is 0. The second-order valence-electron chi connectivity index (χ2n) is 8.79. The molecule has 0 N–H and O–H groups in total. The normalized spacial score (nSPS) is 26.2. The number of aryl methyl sites for hydroxylation is 1. The molecule has 0 radical (unpaired) electrons. The lowest BCUT2D eigenvalue weighted by molar-refractivity contribution is -0.149. The minimum atomic E-state index is -0.482. The highest BCUT2D eigenvalue weighted by Gasteiger charge is 2.48. The summed E-state index contributed by atoms with van der Waals surface area (Å²) in [5.74, 6) is 1.60. The number of esters is 1. The minimum absolute atomic E-state index is 0.0867. The van der Waals surface area contributed by atoms with Crippen LogP contribution < -0.4 is 4.74 Å². The fraction of sp³-hybridized carbons (Fsp3) is 0.591. The van der Waals surface area contributed by atoms with Gasteiger partial charge in [-0.3, -0.25) is 9.69 Å². The van der Waals surface area contributed by atoms with Crippen LogP contribution in [0.25, 0.3) is 0 Å². The smallest absolute Gasteiger partial charge is 0.316 e. The summed E-state index contributed by atoms with van der Waals surface area (Å²) < 4.78 is 11.2. The molecule has 1 aromatic rings. The number of fused-ring (bicyclic) bond motifs is 1. The van der Waals surface area contributed by atoms with Crippen molar-refractivity contribution in [3.63, 3.8) is 0 Å².